The highest BCUT2D eigenvalue weighted by atomic mass is 35.5. The summed E-state index contributed by atoms with van der Waals surface area (Å²) < 4.78 is 12.6. The van der Waals surface area contributed by atoms with Gasteiger partial charge < -0.3 is 19.7 Å². The molecule has 4 rings (SSSR count). The molecule has 1 aromatic carbocycles. The van der Waals surface area contributed by atoms with Crippen LogP contribution in [-0.4, -0.2) is 48.0 Å². The van der Waals surface area contributed by atoms with Crippen LogP contribution >= 0.6 is 23.2 Å². The highest BCUT2D eigenvalue weighted by Crippen LogP contribution is 2.33. The van der Waals surface area contributed by atoms with Crippen LogP contribution in [0.5, 0.6) is 5.75 Å². The number of halogens is 2. The SMILES string of the molecule is COc1cc(N2CCOCC2)ccc1Nc1cc(Cl)nc2c(Cl)cnn12. The van der Waals surface area contributed by atoms with Crippen molar-refractivity contribution in [1.82, 2.24) is 14.6 Å². The number of nitrogens with one attached hydrogen (secondary N) is 1. The first-order valence-corrected chi connectivity index (χ1v) is 8.89. The lowest BCUT2D eigenvalue weighted by Crippen LogP contribution is -2.36. The topological polar surface area (TPSA) is 63.9 Å². The van der Waals surface area contributed by atoms with Crippen molar-refractivity contribution < 1.29 is 9.47 Å². The van der Waals surface area contributed by atoms with Crippen LogP contribution in [0, 0.1) is 0 Å². The molecular formula is C17H17Cl2N5O2. The molecule has 0 bridgehead atoms. The maximum absolute atomic E-state index is 6.12. The molecule has 0 saturated carbocycles. The van der Waals surface area contributed by atoms with Crippen molar-refractivity contribution >= 4 is 46.0 Å². The van der Waals surface area contributed by atoms with E-state index in [9.17, 15) is 0 Å². The Balaban J connectivity index is 1.68. The Bertz CT molecular complexity index is 940. The maximum atomic E-state index is 6.12. The number of hydrogen-bond donors (Lipinski definition) is 1. The van der Waals surface area contributed by atoms with Gasteiger partial charge in [-0.25, -0.2) is 4.98 Å². The molecule has 0 amide bonds. The Morgan fingerprint density at radius 2 is 2.00 bits per heavy atom. The fourth-order valence-corrected chi connectivity index (χ4v) is 3.28. The van der Waals surface area contributed by atoms with Gasteiger partial charge in [0.05, 0.1) is 32.2 Å². The number of nitrogens with zero attached hydrogens (tertiary/aromatic N) is 4. The van der Waals surface area contributed by atoms with E-state index < -0.39 is 0 Å². The van der Waals surface area contributed by atoms with Gasteiger partial charge in [-0.2, -0.15) is 9.61 Å². The van der Waals surface area contributed by atoms with Crippen molar-refractivity contribution in [3.63, 3.8) is 0 Å². The molecule has 0 aliphatic carbocycles. The van der Waals surface area contributed by atoms with Crippen LogP contribution in [0.25, 0.3) is 5.65 Å². The van der Waals surface area contributed by atoms with E-state index in [-0.39, 0.29) is 0 Å². The first kappa shape index (κ1) is 17.2. The molecule has 136 valence electrons. The Kier molecular flexibility index (Phi) is 4.76. The maximum Gasteiger partial charge on any atom is 0.177 e. The van der Waals surface area contributed by atoms with Crippen molar-refractivity contribution in [3.05, 3.63) is 40.6 Å². The van der Waals surface area contributed by atoms with Crippen molar-refractivity contribution in [2.24, 2.45) is 0 Å². The number of methoxy groups -OCH3 is 1. The first-order chi connectivity index (χ1) is 12.7. The molecule has 0 spiro atoms. The summed E-state index contributed by atoms with van der Waals surface area (Å²) in [6, 6.07) is 7.71. The molecule has 1 aliphatic heterocycles. The third-order valence-electron chi connectivity index (χ3n) is 4.22. The van der Waals surface area contributed by atoms with E-state index in [1.807, 2.05) is 18.2 Å². The van der Waals surface area contributed by atoms with Crippen LogP contribution in [-0.2, 0) is 4.74 Å². The third kappa shape index (κ3) is 3.25. The Labute approximate surface area is 160 Å². The zero-order valence-electron chi connectivity index (χ0n) is 14.1. The number of fused-ring (bicyclic) bond motifs is 1. The lowest BCUT2D eigenvalue weighted by atomic mass is 10.2. The van der Waals surface area contributed by atoms with Crippen LogP contribution < -0.4 is 15.0 Å². The molecule has 7 nitrogen and oxygen atoms in total. The van der Waals surface area contributed by atoms with E-state index in [1.165, 1.54) is 6.20 Å². The molecule has 1 saturated heterocycles. The van der Waals surface area contributed by atoms with Crippen molar-refractivity contribution in [2.75, 3.05) is 43.6 Å². The first-order valence-electron chi connectivity index (χ1n) is 8.13. The molecule has 26 heavy (non-hydrogen) atoms. The molecule has 0 unspecified atom stereocenters. The molecule has 1 N–H and O–H groups in total. The van der Waals surface area contributed by atoms with Crippen LogP contribution in [0.3, 0.4) is 0 Å². The van der Waals surface area contributed by atoms with E-state index >= 15 is 0 Å². The lowest BCUT2D eigenvalue weighted by Gasteiger charge is -2.29. The molecule has 0 atom stereocenters. The Morgan fingerprint density at radius 3 is 2.77 bits per heavy atom. The molecule has 3 heterocycles. The van der Waals surface area contributed by atoms with Gasteiger partial charge in [-0.3, -0.25) is 0 Å². The van der Waals surface area contributed by atoms with Crippen molar-refractivity contribution in [1.29, 1.82) is 0 Å². The highest BCUT2D eigenvalue weighted by Gasteiger charge is 2.15. The lowest BCUT2D eigenvalue weighted by molar-refractivity contribution is 0.122. The van der Waals surface area contributed by atoms with E-state index in [0.29, 0.717) is 27.4 Å². The minimum Gasteiger partial charge on any atom is -0.494 e. The molecular weight excluding hydrogens is 377 g/mol. The number of hydrogen-bond acceptors (Lipinski definition) is 6. The minimum absolute atomic E-state index is 0.325. The number of morpholine rings is 1. The standard InChI is InChI=1S/C17H17Cl2N5O2/c1-25-14-8-11(23-4-6-26-7-5-23)2-3-13(14)21-16-9-15(19)22-17-12(18)10-20-24(16)17/h2-3,8-10,21H,4-7H2,1H3. The fraction of sp³-hybridized carbons (Fsp3) is 0.294. The molecule has 1 aliphatic rings. The van der Waals surface area contributed by atoms with Gasteiger partial charge in [-0.1, -0.05) is 23.2 Å². The van der Waals surface area contributed by atoms with Gasteiger partial charge in [0.1, 0.15) is 21.7 Å². The van der Waals surface area contributed by atoms with E-state index in [0.717, 1.165) is 37.7 Å². The van der Waals surface area contributed by atoms with Gasteiger partial charge in [0.25, 0.3) is 0 Å². The highest BCUT2D eigenvalue weighted by molar-refractivity contribution is 6.34. The molecule has 9 heteroatoms. The summed E-state index contributed by atoms with van der Waals surface area (Å²) >= 11 is 12.2. The zero-order valence-corrected chi connectivity index (χ0v) is 15.6. The Hall–Kier alpha value is -2.22. The number of rotatable bonds is 4. The van der Waals surface area contributed by atoms with E-state index in [4.69, 9.17) is 32.7 Å². The van der Waals surface area contributed by atoms with E-state index in [1.54, 1.807) is 17.7 Å². The summed E-state index contributed by atoms with van der Waals surface area (Å²) in [5, 5.41) is 8.30. The predicted molar refractivity (Wildman–Crippen MR) is 102 cm³/mol. The monoisotopic (exact) mass is 393 g/mol. The molecule has 1 fully saturated rings. The van der Waals surface area contributed by atoms with Crippen molar-refractivity contribution in [2.45, 2.75) is 0 Å². The quantitative estimate of drug-likeness (QED) is 0.682. The van der Waals surface area contributed by atoms with Crippen LogP contribution in [0.4, 0.5) is 17.2 Å². The second-order valence-corrected chi connectivity index (χ2v) is 6.60. The number of benzene rings is 1. The molecule has 3 aromatic rings. The smallest absolute Gasteiger partial charge is 0.177 e. The average Bonchev–Trinajstić information content (AvgIpc) is 3.04. The van der Waals surface area contributed by atoms with Gasteiger partial charge >= 0.3 is 0 Å². The zero-order chi connectivity index (χ0) is 18.1. The minimum atomic E-state index is 0.325. The van der Waals surface area contributed by atoms with Crippen LogP contribution in [0.15, 0.2) is 30.5 Å². The van der Waals surface area contributed by atoms with Gasteiger partial charge in [-0.15, -0.1) is 0 Å². The molecule has 0 radical (unpaired) electrons. The van der Waals surface area contributed by atoms with Gasteiger partial charge in [-0.05, 0) is 12.1 Å². The summed E-state index contributed by atoms with van der Waals surface area (Å²) in [5.74, 6) is 1.36. The summed E-state index contributed by atoms with van der Waals surface area (Å²) in [6.45, 7) is 3.19. The predicted octanol–water partition coefficient (Wildman–Crippen LogP) is 3.62. The molecule has 2 aromatic heterocycles. The van der Waals surface area contributed by atoms with Gasteiger partial charge in [0.15, 0.2) is 5.65 Å². The summed E-state index contributed by atoms with van der Waals surface area (Å²) in [4.78, 5) is 6.47. The number of anilines is 3. The van der Waals surface area contributed by atoms with Gasteiger partial charge in [0.2, 0.25) is 0 Å². The second-order valence-electron chi connectivity index (χ2n) is 5.80. The van der Waals surface area contributed by atoms with Crippen LogP contribution in [0.2, 0.25) is 10.2 Å². The fourth-order valence-electron chi connectivity index (χ4n) is 2.93. The largest absolute Gasteiger partial charge is 0.494 e. The summed E-state index contributed by atoms with van der Waals surface area (Å²) in [5.41, 5.74) is 2.38. The Morgan fingerprint density at radius 1 is 1.19 bits per heavy atom. The third-order valence-corrected chi connectivity index (χ3v) is 4.68. The normalized spacial score (nSPS) is 14.7. The van der Waals surface area contributed by atoms with Crippen molar-refractivity contribution in [3.8, 4) is 5.75 Å². The number of ether oxygens (including phenoxy) is 2. The number of aromatic nitrogens is 3. The van der Waals surface area contributed by atoms with Crippen LogP contribution in [0.1, 0.15) is 0 Å². The second kappa shape index (κ2) is 7.19. The van der Waals surface area contributed by atoms with E-state index in [2.05, 4.69) is 20.3 Å². The summed E-state index contributed by atoms with van der Waals surface area (Å²) in [6.07, 6.45) is 1.53. The summed E-state index contributed by atoms with van der Waals surface area (Å²) in [7, 11) is 1.64. The average molecular weight is 394 g/mol. The van der Waals surface area contributed by atoms with Gasteiger partial charge in [0, 0.05) is 30.9 Å².